The molecule has 0 aliphatic rings. The number of hydrogen-bond acceptors (Lipinski definition) is 3. The van der Waals surface area contributed by atoms with Crippen molar-refractivity contribution >= 4 is 33.6 Å². The lowest BCUT2D eigenvalue weighted by Crippen LogP contribution is -2.49. The number of benzene rings is 1. The molecule has 19 heavy (non-hydrogen) atoms. The van der Waals surface area contributed by atoms with Gasteiger partial charge >= 0.3 is 6.03 Å². The standard InChI is InChI=1S/C13H18BrN3O2/c1-13(2,3)17-12(19)16-11(18)8-15-10-6-4-5-9(14)7-10/h4-7,15H,8H2,1-3H3,(H2,16,17,18,19). The minimum absolute atomic E-state index is 0.0357. The van der Waals surface area contributed by atoms with Crippen molar-refractivity contribution in [2.24, 2.45) is 0 Å². The summed E-state index contributed by atoms with van der Waals surface area (Å²) in [6.45, 7) is 5.57. The molecular formula is C13H18BrN3O2. The highest BCUT2D eigenvalue weighted by molar-refractivity contribution is 9.10. The highest BCUT2D eigenvalue weighted by Gasteiger charge is 2.15. The normalized spacial score (nSPS) is 10.7. The highest BCUT2D eigenvalue weighted by atomic mass is 79.9. The maximum atomic E-state index is 11.6. The fourth-order valence-corrected chi connectivity index (χ4v) is 1.72. The van der Waals surface area contributed by atoms with Crippen molar-refractivity contribution in [2.75, 3.05) is 11.9 Å². The Bertz CT molecular complexity index is 469. The summed E-state index contributed by atoms with van der Waals surface area (Å²) in [5.41, 5.74) is 0.433. The van der Waals surface area contributed by atoms with Crippen molar-refractivity contribution in [3.05, 3.63) is 28.7 Å². The molecular weight excluding hydrogens is 310 g/mol. The summed E-state index contributed by atoms with van der Waals surface area (Å²) in [7, 11) is 0. The van der Waals surface area contributed by atoms with E-state index in [1.54, 1.807) is 0 Å². The highest BCUT2D eigenvalue weighted by Crippen LogP contribution is 2.15. The molecule has 0 saturated carbocycles. The lowest BCUT2D eigenvalue weighted by Gasteiger charge is -2.20. The number of halogens is 1. The molecule has 1 aromatic rings. The largest absolute Gasteiger partial charge is 0.376 e. The van der Waals surface area contributed by atoms with E-state index in [1.165, 1.54) is 0 Å². The van der Waals surface area contributed by atoms with Gasteiger partial charge in [-0.1, -0.05) is 22.0 Å². The fraction of sp³-hybridized carbons (Fsp3) is 0.385. The summed E-state index contributed by atoms with van der Waals surface area (Å²) in [6.07, 6.45) is 0. The van der Waals surface area contributed by atoms with E-state index in [-0.39, 0.29) is 18.0 Å². The van der Waals surface area contributed by atoms with Crippen LogP contribution in [0, 0.1) is 0 Å². The van der Waals surface area contributed by atoms with Gasteiger partial charge in [-0.2, -0.15) is 0 Å². The van der Waals surface area contributed by atoms with Gasteiger partial charge in [-0.3, -0.25) is 10.1 Å². The third kappa shape index (κ3) is 6.81. The fourth-order valence-electron chi connectivity index (χ4n) is 1.32. The van der Waals surface area contributed by atoms with Crippen molar-refractivity contribution in [2.45, 2.75) is 26.3 Å². The summed E-state index contributed by atoms with van der Waals surface area (Å²) in [5, 5.41) is 7.84. The van der Waals surface area contributed by atoms with E-state index in [0.29, 0.717) is 0 Å². The smallest absolute Gasteiger partial charge is 0.321 e. The second-order valence-electron chi connectivity index (χ2n) is 5.12. The van der Waals surface area contributed by atoms with E-state index in [2.05, 4.69) is 31.9 Å². The van der Waals surface area contributed by atoms with E-state index >= 15 is 0 Å². The molecule has 6 heteroatoms. The van der Waals surface area contributed by atoms with Crippen LogP contribution in [0.3, 0.4) is 0 Å². The second-order valence-corrected chi connectivity index (χ2v) is 6.03. The van der Waals surface area contributed by atoms with Crippen LogP contribution in [0.25, 0.3) is 0 Å². The average Bonchev–Trinajstić information content (AvgIpc) is 2.23. The lowest BCUT2D eigenvalue weighted by molar-refractivity contribution is -0.118. The van der Waals surface area contributed by atoms with Crippen LogP contribution in [-0.2, 0) is 4.79 Å². The van der Waals surface area contributed by atoms with Gasteiger partial charge in [0.1, 0.15) is 0 Å². The molecule has 0 unspecified atom stereocenters. The van der Waals surface area contributed by atoms with Crippen molar-refractivity contribution in [3.63, 3.8) is 0 Å². The lowest BCUT2D eigenvalue weighted by atomic mass is 10.1. The summed E-state index contributed by atoms with van der Waals surface area (Å²) in [6, 6.07) is 6.95. The molecule has 0 saturated heterocycles. The average molecular weight is 328 g/mol. The maximum Gasteiger partial charge on any atom is 0.321 e. The number of carbonyl (C=O) groups is 2. The van der Waals surface area contributed by atoms with Crippen LogP contribution in [0.1, 0.15) is 20.8 Å². The molecule has 0 bridgehead atoms. The Balaban J connectivity index is 2.38. The molecule has 1 aromatic carbocycles. The van der Waals surface area contributed by atoms with Gasteiger partial charge in [0.25, 0.3) is 0 Å². The van der Waals surface area contributed by atoms with Gasteiger partial charge in [-0.05, 0) is 39.0 Å². The number of rotatable bonds is 3. The van der Waals surface area contributed by atoms with E-state index < -0.39 is 6.03 Å². The van der Waals surface area contributed by atoms with Gasteiger partial charge in [0.15, 0.2) is 0 Å². The molecule has 0 atom stereocenters. The summed E-state index contributed by atoms with van der Waals surface area (Å²) < 4.78 is 0.920. The van der Waals surface area contributed by atoms with Crippen molar-refractivity contribution < 1.29 is 9.59 Å². The minimum atomic E-state index is -0.492. The Labute approximate surface area is 121 Å². The van der Waals surface area contributed by atoms with Gasteiger partial charge in [0.05, 0.1) is 6.54 Å². The number of nitrogens with one attached hydrogen (secondary N) is 3. The van der Waals surface area contributed by atoms with Gasteiger partial charge in [-0.15, -0.1) is 0 Å². The molecule has 0 heterocycles. The van der Waals surface area contributed by atoms with Crippen LogP contribution >= 0.6 is 15.9 Å². The molecule has 0 aromatic heterocycles. The molecule has 0 aliphatic carbocycles. The quantitative estimate of drug-likeness (QED) is 0.798. The summed E-state index contributed by atoms with van der Waals surface area (Å²) in [4.78, 5) is 23.0. The third-order valence-electron chi connectivity index (χ3n) is 2.02. The van der Waals surface area contributed by atoms with Gasteiger partial charge in [0.2, 0.25) is 5.91 Å². The van der Waals surface area contributed by atoms with E-state index in [4.69, 9.17) is 0 Å². The number of imide groups is 1. The Kier molecular flexibility index (Phi) is 5.35. The minimum Gasteiger partial charge on any atom is -0.376 e. The Hall–Kier alpha value is -1.56. The molecule has 1 rings (SSSR count). The number of carbonyl (C=O) groups excluding carboxylic acids is 2. The SMILES string of the molecule is CC(C)(C)NC(=O)NC(=O)CNc1cccc(Br)c1. The van der Waals surface area contributed by atoms with E-state index in [0.717, 1.165) is 10.2 Å². The third-order valence-corrected chi connectivity index (χ3v) is 2.51. The van der Waals surface area contributed by atoms with E-state index in [9.17, 15) is 9.59 Å². The molecule has 0 aliphatic heterocycles. The van der Waals surface area contributed by atoms with Crippen LogP contribution in [0.5, 0.6) is 0 Å². The molecule has 0 spiro atoms. The first-order valence-corrected chi connectivity index (χ1v) is 6.67. The van der Waals surface area contributed by atoms with Gasteiger partial charge in [0, 0.05) is 15.7 Å². The second kappa shape index (κ2) is 6.56. The first-order chi connectivity index (χ1) is 8.76. The van der Waals surface area contributed by atoms with Crippen LogP contribution < -0.4 is 16.0 Å². The van der Waals surface area contributed by atoms with Crippen LogP contribution in [0.15, 0.2) is 28.7 Å². The van der Waals surface area contributed by atoms with Crippen LogP contribution in [0.4, 0.5) is 10.5 Å². The molecule has 3 amide bonds. The topological polar surface area (TPSA) is 70.2 Å². The predicted molar refractivity (Wildman–Crippen MR) is 79.1 cm³/mol. The summed E-state index contributed by atoms with van der Waals surface area (Å²) in [5.74, 6) is -0.387. The molecule has 104 valence electrons. The molecule has 0 fully saturated rings. The first kappa shape index (κ1) is 15.5. The monoisotopic (exact) mass is 327 g/mol. The van der Waals surface area contributed by atoms with Crippen molar-refractivity contribution in [1.29, 1.82) is 0 Å². The van der Waals surface area contributed by atoms with Crippen molar-refractivity contribution in [1.82, 2.24) is 10.6 Å². The Morgan fingerprint density at radius 3 is 2.53 bits per heavy atom. The first-order valence-electron chi connectivity index (χ1n) is 5.88. The molecule has 3 N–H and O–H groups in total. The number of hydrogen-bond donors (Lipinski definition) is 3. The zero-order valence-electron chi connectivity index (χ0n) is 11.2. The van der Waals surface area contributed by atoms with E-state index in [1.807, 2.05) is 45.0 Å². The zero-order chi connectivity index (χ0) is 14.5. The zero-order valence-corrected chi connectivity index (χ0v) is 12.8. The van der Waals surface area contributed by atoms with Gasteiger partial charge < -0.3 is 10.6 Å². The molecule has 0 radical (unpaired) electrons. The number of amides is 3. The summed E-state index contributed by atoms with van der Waals surface area (Å²) >= 11 is 3.34. The predicted octanol–water partition coefficient (Wildman–Crippen LogP) is 2.49. The number of anilines is 1. The number of urea groups is 1. The van der Waals surface area contributed by atoms with Crippen LogP contribution in [-0.4, -0.2) is 24.0 Å². The Morgan fingerprint density at radius 1 is 1.26 bits per heavy atom. The molecule has 5 nitrogen and oxygen atoms in total. The van der Waals surface area contributed by atoms with Crippen LogP contribution in [0.2, 0.25) is 0 Å². The van der Waals surface area contributed by atoms with Gasteiger partial charge in [-0.25, -0.2) is 4.79 Å². The van der Waals surface area contributed by atoms with Crippen molar-refractivity contribution in [3.8, 4) is 0 Å². The maximum absolute atomic E-state index is 11.6. The Morgan fingerprint density at radius 2 is 1.95 bits per heavy atom.